The number of hydrogen-bond donors (Lipinski definition) is 0. The van der Waals surface area contributed by atoms with Gasteiger partial charge in [0, 0.05) is 26.7 Å². The van der Waals surface area contributed by atoms with Crippen molar-refractivity contribution in [1.82, 2.24) is 9.21 Å². The van der Waals surface area contributed by atoms with Crippen molar-refractivity contribution in [2.45, 2.75) is 44.4 Å². The largest absolute Gasteiger partial charge is 0.496 e. The molecule has 2 rings (SSSR count). The lowest BCUT2D eigenvalue weighted by atomic mass is 10.1. The SMILES string of the molecule is COc1ccc(S(=O)(=O)N2CCCCCC2)cc1C(=O)N(C)CC(C)C. The van der Waals surface area contributed by atoms with Gasteiger partial charge in [-0.2, -0.15) is 4.31 Å². The minimum atomic E-state index is -3.61. The van der Waals surface area contributed by atoms with Crippen LogP contribution < -0.4 is 4.74 Å². The normalized spacial score (nSPS) is 16.3. The number of hydrogen-bond acceptors (Lipinski definition) is 4. The maximum absolute atomic E-state index is 13.0. The molecule has 1 heterocycles. The summed E-state index contributed by atoms with van der Waals surface area (Å²) in [5, 5.41) is 0. The summed E-state index contributed by atoms with van der Waals surface area (Å²) < 4.78 is 32.9. The van der Waals surface area contributed by atoms with E-state index in [9.17, 15) is 13.2 Å². The van der Waals surface area contributed by atoms with Gasteiger partial charge in [-0.1, -0.05) is 26.7 Å². The molecule has 26 heavy (non-hydrogen) atoms. The van der Waals surface area contributed by atoms with Crippen LogP contribution in [-0.2, 0) is 10.0 Å². The fraction of sp³-hybridized carbons (Fsp3) is 0.632. The molecule has 0 saturated carbocycles. The van der Waals surface area contributed by atoms with Crippen molar-refractivity contribution in [3.8, 4) is 5.75 Å². The topological polar surface area (TPSA) is 66.9 Å². The van der Waals surface area contributed by atoms with Gasteiger partial charge in [-0.3, -0.25) is 4.79 Å². The summed E-state index contributed by atoms with van der Waals surface area (Å²) in [6.45, 7) is 5.71. The fourth-order valence-corrected chi connectivity index (χ4v) is 4.83. The fourth-order valence-electron chi connectivity index (χ4n) is 3.28. The van der Waals surface area contributed by atoms with Crippen LogP contribution in [0.25, 0.3) is 0 Å². The minimum absolute atomic E-state index is 0.154. The van der Waals surface area contributed by atoms with E-state index in [2.05, 4.69) is 0 Å². The Morgan fingerprint density at radius 1 is 1.19 bits per heavy atom. The van der Waals surface area contributed by atoms with E-state index >= 15 is 0 Å². The predicted molar refractivity (Wildman–Crippen MR) is 102 cm³/mol. The van der Waals surface area contributed by atoms with Crippen LogP contribution in [0.4, 0.5) is 0 Å². The van der Waals surface area contributed by atoms with Gasteiger partial charge in [-0.15, -0.1) is 0 Å². The Kier molecular flexibility index (Phi) is 7.06. The molecular weight excluding hydrogens is 352 g/mol. The molecule has 1 aromatic carbocycles. The Balaban J connectivity index is 2.37. The van der Waals surface area contributed by atoms with E-state index in [-0.39, 0.29) is 16.4 Å². The molecule has 0 bridgehead atoms. The molecule has 0 aromatic heterocycles. The number of ether oxygens (including phenoxy) is 1. The van der Waals surface area contributed by atoms with Crippen molar-refractivity contribution >= 4 is 15.9 Å². The van der Waals surface area contributed by atoms with Crippen LogP contribution >= 0.6 is 0 Å². The standard InChI is InChI=1S/C19H30N2O4S/c1-15(2)14-20(3)19(22)17-13-16(9-10-18(17)25-4)26(23,24)21-11-7-5-6-8-12-21/h9-10,13,15H,5-8,11-12,14H2,1-4H3. The molecule has 1 amide bonds. The highest BCUT2D eigenvalue weighted by molar-refractivity contribution is 7.89. The van der Waals surface area contributed by atoms with E-state index in [1.54, 1.807) is 18.0 Å². The van der Waals surface area contributed by atoms with E-state index in [0.29, 0.717) is 31.3 Å². The lowest BCUT2D eigenvalue weighted by Gasteiger charge is -2.23. The van der Waals surface area contributed by atoms with Crippen molar-refractivity contribution in [3.63, 3.8) is 0 Å². The molecule has 0 N–H and O–H groups in total. The predicted octanol–water partition coefficient (Wildman–Crippen LogP) is 2.99. The molecule has 1 aliphatic heterocycles. The van der Waals surface area contributed by atoms with Crippen molar-refractivity contribution in [3.05, 3.63) is 23.8 Å². The molecule has 0 atom stereocenters. The molecule has 0 unspecified atom stereocenters. The third-order valence-electron chi connectivity index (χ3n) is 4.59. The lowest BCUT2D eigenvalue weighted by molar-refractivity contribution is 0.0775. The molecule has 146 valence electrons. The monoisotopic (exact) mass is 382 g/mol. The molecule has 7 heteroatoms. The molecule has 0 spiro atoms. The number of sulfonamides is 1. The van der Waals surface area contributed by atoms with Gasteiger partial charge in [0.25, 0.3) is 5.91 Å². The van der Waals surface area contributed by atoms with Crippen molar-refractivity contribution < 1.29 is 17.9 Å². The van der Waals surface area contributed by atoms with Gasteiger partial charge in [0.2, 0.25) is 10.0 Å². The second-order valence-electron chi connectivity index (χ2n) is 7.26. The summed E-state index contributed by atoms with van der Waals surface area (Å²) >= 11 is 0. The average Bonchev–Trinajstić information content (AvgIpc) is 2.89. The van der Waals surface area contributed by atoms with Crippen molar-refractivity contribution in [2.75, 3.05) is 33.8 Å². The molecule has 0 aliphatic carbocycles. The van der Waals surface area contributed by atoms with Crippen LogP contribution in [0.2, 0.25) is 0 Å². The zero-order valence-corrected chi connectivity index (χ0v) is 17.0. The summed E-state index contributed by atoms with van der Waals surface area (Å²) in [4.78, 5) is 14.6. The van der Waals surface area contributed by atoms with Crippen LogP contribution in [0.3, 0.4) is 0 Å². The highest BCUT2D eigenvalue weighted by Gasteiger charge is 2.27. The Hall–Kier alpha value is -1.60. The highest BCUT2D eigenvalue weighted by atomic mass is 32.2. The second kappa shape index (κ2) is 8.86. The number of rotatable bonds is 6. The summed E-state index contributed by atoms with van der Waals surface area (Å²) in [6, 6.07) is 4.55. The van der Waals surface area contributed by atoms with Crippen molar-refractivity contribution in [1.29, 1.82) is 0 Å². The Labute approximate surface area is 157 Å². The summed E-state index contributed by atoms with van der Waals surface area (Å²) in [5.74, 6) is 0.475. The third-order valence-corrected chi connectivity index (χ3v) is 6.48. The number of carbonyl (C=O) groups is 1. The first-order valence-corrected chi connectivity index (χ1v) is 10.6. The quantitative estimate of drug-likeness (QED) is 0.759. The maximum atomic E-state index is 13.0. The lowest BCUT2D eigenvalue weighted by Crippen LogP contribution is -2.33. The number of nitrogens with zero attached hydrogens (tertiary/aromatic N) is 2. The van der Waals surface area contributed by atoms with Gasteiger partial charge >= 0.3 is 0 Å². The van der Waals surface area contributed by atoms with Gasteiger partial charge in [-0.05, 0) is 37.0 Å². The molecule has 0 radical (unpaired) electrons. The Morgan fingerprint density at radius 3 is 2.35 bits per heavy atom. The van der Waals surface area contributed by atoms with Crippen LogP contribution in [0.1, 0.15) is 49.9 Å². The maximum Gasteiger partial charge on any atom is 0.257 e. The minimum Gasteiger partial charge on any atom is -0.496 e. The van der Waals surface area contributed by atoms with Crippen LogP contribution in [0.15, 0.2) is 23.1 Å². The molecule has 1 saturated heterocycles. The summed E-state index contributed by atoms with van der Waals surface area (Å²) in [7, 11) is -0.404. The van der Waals surface area contributed by atoms with Crippen LogP contribution in [0.5, 0.6) is 5.75 Å². The van der Waals surface area contributed by atoms with Gasteiger partial charge in [0.15, 0.2) is 0 Å². The van der Waals surface area contributed by atoms with E-state index in [1.165, 1.54) is 23.5 Å². The van der Waals surface area contributed by atoms with Gasteiger partial charge in [0.05, 0.1) is 17.6 Å². The van der Waals surface area contributed by atoms with Gasteiger partial charge in [-0.25, -0.2) is 8.42 Å². The smallest absolute Gasteiger partial charge is 0.257 e. The van der Waals surface area contributed by atoms with E-state index in [4.69, 9.17) is 4.74 Å². The third kappa shape index (κ3) is 4.76. The average molecular weight is 383 g/mol. The van der Waals surface area contributed by atoms with Gasteiger partial charge in [0.1, 0.15) is 5.75 Å². The van der Waals surface area contributed by atoms with Gasteiger partial charge < -0.3 is 9.64 Å². The zero-order chi connectivity index (χ0) is 19.3. The number of benzene rings is 1. The van der Waals surface area contributed by atoms with E-state index in [0.717, 1.165) is 25.7 Å². The van der Waals surface area contributed by atoms with E-state index in [1.807, 2.05) is 13.8 Å². The van der Waals surface area contributed by atoms with Crippen LogP contribution in [-0.4, -0.2) is 57.3 Å². The Morgan fingerprint density at radius 2 is 1.81 bits per heavy atom. The molecule has 1 aliphatic rings. The molecular formula is C19H30N2O4S. The van der Waals surface area contributed by atoms with Crippen LogP contribution in [0, 0.1) is 5.92 Å². The summed E-state index contributed by atoms with van der Waals surface area (Å²) in [5.41, 5.74) is 0.284. The number of carbonyl (C=O) groups excluding carboxylic acids is 1. The number of methoxy groups -OCH3 is 1. The highest BCUT2D eigenvalue weighted by Crippen LogP contribution is 2.27. The first kappa shape index (κ1) is 20.7. The summed E-state index contributed by atoms with van der Waals surface area (Å²) in [6.07, 6.45) is 3.85. The second-order valence-corrected chi connectivity index (χ2v) is 9.20. The first-order valence-electron chi connectivity index (χ1n) is 9.21. The Bertz CT molecular complexity index is 723. The molecule has 6 nitrogen and oxygen atoms in total. The molecule has 1 fully saturated rings. The number of amides is 1. The first-order chi connectivity index (χ1) is 12.3. The zero-order valence-electron chi connectivity index (χ0n) is 16.2. The van der Waals surface area contributed by atoms with Crippen molar-refractivity contribution in [2.24, 2.45) is 5.92 Å². The van der Waals surface area contributed by atoms with E-state index < -0.39 is 10.0 Å². The molecule has 1 aromatic rings.